The normalized spacial score (nSPS) is 11.6. The molecule has 1 aromatic carbocycles. The fourth-order valence-corrected chi connectivity index (χ4v) is 1.03. The van der Waals surface area contributed by atoms with Crippen molar-refractivity contribution in [2.75, 3.05) is 0 Å². The van der Waals surface area contributed by atoms with Crippen LogP contribution < -0.4 is 5.73 Å². The first-order chi connectivity index (χ1) is 5.61. The monoisotopic (exact) mass is 239 g/mol. The van der Waals surface area contributed by atoms with Crippen molar-refractivity contribution in [1.29, 1.82) is 0 Å². The number of nitrogens with two attached hydrogens (primary N) is 1. The SMILES string of the molecule is Cl.NC(Cl)C(=O)c1ccc(Cl)cc1. The van der Waals surface area contributed by atoms with Crippen LogP contribution in [-0.4, -0.2) is 11.3 Å². The molecule has 72 valence electrons. The van der Waals surface area contributed by atoms with E-state index < -0.39 is 5.50 Å². The second-order valence-electron chi connectivity index (χ2n) is 2.27. The highest BCUT2D eigenvalue weighted by atomic mass is 35.5. The van der Waals surface area contributed by atoms with Crippen molar-refractivity contribution in [2.45, 2.75) is 5.50 Å². The summed E-state index contributed by atoms with van der Waals surface area (Å²) >= 11 is 11.0. The van der Waals surface area contributed by atoms with E-state index in [9.17, 15) is 4.79 Å². The molecule has 0 saturated heterocycles. The molecule has 0 spiro atoms. The average Bonchev–Trinajstić information content (AvgIpc) is 2.04. The third kappa shape index (κ3) is 3.53. The number of hydrogen-bond donors (Lipinski definition) is 1. The molecule has 0 aliphatic heterocycles. The van der Waals surface area contributed by atoms with Crippen LogP contribution in [0.15, 0.2) is 24.3 Å². The highest BCUT2D eigenvalue weighted by molar-refractivity contribution is 6.33. The number of halogens is 3. The molecule has 0 aliphatic carbocycles. The highest BCUT2D eigenvalue weighted by Gasteiger charge is 2.11. The molecule has 0 aliphatic rings. The fourth-order valence-electron chi connectivity index (χ4n) is 0.773. The zero-order valence-electron chi connectivity index (χ0n) is 6.54. The Labute approximate surface area is 92.4 Å². The molecule has 2 nitrogen and oxygen atoms in total. The van der Waals surface area contributed by atoms with Gasteiger partial charge in [0, 0.05) is 10.6 Å². The number of ketones is 1. The van der Waals surface area contributed by atoms with Crippen molar-refractivity contribution < 1.29 is 4.79 Å². The van der Waals surface area contributed by atoms with Crippen molar-refractivity contribution >= 4 is 41.4 Å². The lowest BCUT2D eigenvalue weighted by molar-refractivity contribution is 0.0988. The number of Topliss-reactive ketones (excluding diaryl/α,β-unsaturated/α-hetero) is 1. The van der Waals surface area contributed by atoms with E-state index in [1.807, 2.05) is 0 Å². The molecule has 0 aromatic heterocycles. The van der Waals surface area contributed by atoms with Gasteiger partial charge in [-0.25, -0.2) is 0 Å². The molecule has 0 radical (unpaired) electrons. The molecule has 13 heavy (non-hydrogen) atoms. The summed E-state index contributed by atoms with van der Waals surface area (Å²) < 4.78 is 0. The molecule has 0 fully saturated rings. The van der Waals surface area contributed by atoms with Crippen LogP contribution in [0.2, 0.25) is 5.02 Å². The summed E-state index contributed by atoms with van der Waals surface area (Å²) in [6, 6.07) is 6.42. The van der Waals surface area contributed by atoms with Crippen LogP contribution >= 0.6 is 35.6 Å². The molecule has 2 N–H and O–H groups in total. The van der Waals surface area contributed by atoms with Crippen LogP contribution in [0.1, 0.15) is 10.4 Å². The number of carbonyl (C=O) groups excluding carboxylic acids is 1. The van der Waals surface area contributed by atoms with Crippen LogP contribution in [0.5, 0.6) is 0 Å². The molecule has 1 unspecified atom stereocenters. The maximum Gasteiger partial charge on any atom is 0.194 e. The Bertz CT molecular complexity index is 284. The summed E-state index contributed by atoms with van der Waals surface area (Å²) in [5, 5.41) is 0.578. The van der Waals surface area contributed by atoms with Crippen molar-refractivity contribution in [3.63, 3.8) is 0 Å². The minimum atomic E-state index is -0.980. The van der Waals surface area contributed by atoms with Gasteiger partial charge in [-0.1, -0.05) is 23.2 Å². The first-order valence-corrected chi connectivity index (χ1v) is 4.12. The maximum absolute atomic E-state index is 11.2. The summed E-state index contributed by atoms with van der Waals surface area (Å²) in [7, 11) is 0. The number of carbonyl (C=O) groups is 1. The summed E-state index contributed by atoms with van der Waals surface area (Å²) in [6.45, 7) is 0. The van der Waals surface area contributed by atoms with Gasteiger partial charge in [-0.05, 0) is 24.3 Å². The van der Waals surface area contributed by atoms with Gasteiger partial charge in [0.25, 0.3) is 0 Å². The first kappa shape index (κ1) is 12.7. The third-order valence-corrected chi connectivity index (χ3v) is 1.83. The second-order valence-corrected chi connectivity index (χ2v) is 3.18. The maximum atomic E-state index is 11.2. The molecular formula is C8H8Cl3NO. The number of benzene rings is 1. The molecule has 5 heteroatoms. The summed E-state index contributed by atoms with van der Waals surface area (Å²) in [6.07, 6.45) is 0. The first-order valence-electron chi connectivity index (χ1n) is 3.30. The van der Waals surface area contributed by atoms with E-state index >= 15 is 0 Å². The quantitative estimate of drug-likeness (QED) is 0.490. The van der Waals surface area contributed by atoms with Gasteiger partial charge in [0.15, 0.2) is 5.78 Å². The second kappa shape index (κ2) is 5.45. The zero-order chi connectivity index (χ0) is 9.14. The van der Waals surface area contributed by atoms with E-state index in [1.54, 1.807) is 24.3 Å². The predicted molar refractivity (Wildman–Crippen MR) is 56.9 cm³/mol. The molecular weight excluding hydrogens is 232 g/mol. The van der Waals surface area contributed by atoms with Gasteiger partial charge in [-0.2, -0.15) is 0 Å². The third-order valence-electron chi connectivity index (χ3n) is 1.38. The Morgan fingerprint density at radius 1 is 1.31 bits per heavy atom. The minimum absolute atomic E-state index is 0. The van der Waals surface area contributed by atoms with E-state index in [2.05, 4.69) is 0 Å². The topological polar surface area (TPSA) is 43.1 Å². The largest absolute Gasteiger partial charge is 0.309 e. The lowest BCUT2D eigenvalue weighted by Gasteiger charge is -2.01. The van der Waals surface area contributed by atoms with Crippen LogP contribution in [-0.2, 0) is 0 Å². The van der Waals surface area contributed by atoms with Crippen LogP contribution in [0.3, 0.4) is 0 Å². The van der Waals surface area contributed by atoms with E-state index in [0.29, 0.717) is 10.6 Å². The van der Waals surface area contributed by atoms with Crippen LogP contribution in [0.25, 0.3) is 0 Å². The molecule has 1 rings (SSSR count). The van der Waals surface area contributed by atoms with Gasteiger partial charge in [-0.15, -0.1) is 12.4 Å². The lowest BCUT2D eigenvalue weighted by Crippen LogP contribution is -2.23. The van der Waals surface area contributed by atoms with Crippen molar-refractivity contribution in [1.82, 2.24) is 0 Å². The van der Waals surface area contributed by atoms with Crippen molar-refractivity contribution in [2.24, 2.45) is 5.73 Å². The smallest absolute Gasteiger partial charge is 0.194 e. The Kier molecular flexibility index (Phi) is 5.33. The van der Waals surface area contributed by atoms with E-state index in [4.69, 9.17) is 28.9 Å². The molecule has 0 saturated carbocycles. The molecule has 0 amide bonds. The van der Waals surface area contributed by atoms with Crippen LogP contribution in [0.4, 0.5) is 0 Å². The van der Waals surface area contributed by atoms with E-state index in [0.717, 1.165) is 0 Å². The molecule has 0 heterocycles. The van der Waals surface area contributed by atoms with Gasteiger partial charge in [-0.3, -0.25) is 4.79 Å². The minimum Gasteiger partial charge on any atom is -0.309 e. The van der Waals surface area contributed by atoms with E-state index in [1.165, 1.54) is 0 Å². The Morgan fingerprint density at radius 3 is 2.15 bits per heavy atom. The highest BCUT2D eigenvalue weighted by Crippen LogP contribution is 2.11. The lowest BCUT2D eigenvalue weighted by atomic mass is 10.1. The molecule has 1 atom stereocenters. The molecule has 1 aromatic rings. The number of alkyl halides is 1. The summed E-state index contributed by atoms with van der Waals surface area (Å²) in [5.41, 5.74) is 4.68. The number of hydrogen-bond acceptors (Lipinski definition) is 2. The summed E-state index contributed by atoms with van der Waals surface area (Å²) in [4.78, 5) is 11.2. The zero-order valence-corrected chi connectivity index (χ0v) is 8.86. The summed E-state index contributed by atoms with van der Waals surface area (Å²) in [5.74, 6) is -0.298. The Morgan fingerprint density at radius 2 is 1.77 bits per heavy atom. The molecule has 0 bridgehead atoms. The fraction of sp³-hybridized carbons (Fsp3) is 0.125. The Hall–Kier alpha value is -0.280. The van der Waals surface area contributed by atoms with Crippen molar-refractivity contribution in [3.05, 3.63) is 34.9 Å². The number of rotatable bonds is 2. The van der Waals surface area contributed by atoms with Crippen molar-refractivity contribution in [3.8, 4) is 0 Å². The Balaban J connectivity index is 0.00000144. The average molecular weight is 241 g/mol. The van der Waals surface area contributed by atoms with Gasteiger partial charge in [0.2, 0.25) is 0 Å². The van der Waals surface area contributed by atoms with Gasteiger partial charge in [0.1, 0.15) is 5.50 Å². The van der Waals surface area contributed by atoms with Gasteiger partial charge >= 0.3 is 0 Å². The van der Waals surface area contributed by atoms with Gasteiger partial charge in [0.05, 0.1) is 0 Å². The van der Waals surface area contributed by atoms with Gasteiger partial charge < -0.3 is 5.73 Å². The standard InChI is InChI=1S/C8H7Cl2NO.ClH/c9-6-3-1-5(2-4-6)7(12)8(10)11;/h1-4,8H,11H2;1H. The van der Waals surface area contributed by atoms with E-state index in [-0.39, 0.29) is 18.2 Å². The predicted octanol–water partition coefficient (Wildman–Crippen LogP) is 2.47. The van der Waals surface area contributed by atoms with Crippen LogP contribution in [0, 0.1) is 0 Å².